The molecule has 1 aromatic carbocycles. The molecule has 1 N–H and O–H groups in total. The van der Waals surface area contributed by atoms with Crippen molar-refractivity contribution >= 4 is 5.91 Å². The Morgan fingerprint density at radius 1 is 1.29 bits per heavy atom. The molecule has 0 saturated carbocycles. The number of halogens is 1. The van der Waals surface area contributed by atoms with Gasteiger partial charge < -0.3 is 5.32 Å². The van der Waals surface area contributed by atoms with Gasteiger partial charge in [-0.2, -0.15) is 5.10 Å². The molecule has 7 nitrogen and oxygen atoms in total. The van der Waals surface area contributed by atoms with Crippen molar-refractivity contribution in [3.05, 3.63) is 65.5 Å². The number of rotatable bonds is 5. The highest BCUT2D eigenvalue weighted by Crippen LogP contribution is 2.11. The van der Waals surface area contributed by atoms with Crippen LogP contribution < -0.4 is 5.32 Å². The quantitative estimate of drug-likeness (QED) is 0.773. The molecule has 1 amide bonds. The lowest BCUT2D eigenvalue weighted by Crippen LogP contribution is -2.26. The Balaban J connectivity index is 1.64. The van der Waals surface area contributed by atoms with Crippen molar-refractivity contribution in [1.29, 1.82) is 0 Å². The van der Waals surface area contributed by atoms with Gasteiger partial charge in [0.1, 0.15) is 5.82 Å². The molecule has 0 unspecified atom stereocenters. The van der Waals surface area contributed by atoms with Gasteiger partial charge >= 0.3 is 0 Å². The van der Waals surface area contributed by atoms with Crippen molar-refractivity contribution in [1.82, 2.24) is 30.1 Å². The lowest BCUT2D eigenvalue weighted by Gasteiger charge is -2.10. The minimum Gasteiger partial charge on any atom is -0.344 e. The Labute approximate surface area is 138 Å². The molecule has 2 heterocycles. The SMILES string of the molecule is C[C@H](NC(=O)c1cn(Cc2ccc(F)cc2)nn1)c1cnn(C)c1. The number of benzene rings is 1. The molecule has 0 aliphatic heterocycles. The summed E-state index contributed by atoms with van der Waals surface area (Å²) < 4.78 is 16.1. The molecule has 3 rings (SSSR count). The molecule has 0 saturated heterocycles. The van der Waals surface area contributed by atoms with Crippen molar-refractivity contribution in [2.24, 2.45) is 7.05 Å². The average Bonchev–Trinajstić information content (AvgIpc) is 3.19. The topological polar surface area (TPSA) is 77.6 Å². The van der Waals surface area contributed by atoms with E-state index in [9.17, 15) is 9.18 Å². The molecule has 0 aliphatic rings. The van der Waals surface area contributed by atoms with Crippen LogP contribution in [0.4, 0.5) is 4.39 Å². The summed E-state index contributed by atoms with van der Waals surface area (Å²) in [4.78, 5) is 12.2. The number of amides is 1. The van der Waals surface area contributed by atoms with Crippen LogP contribution in [0.25, 0.3) is 0 Å². The van der Waals surface area contributed by atoms with E-state index in [1.807, 2.05) is 20.2 Å². The fraction of sp³-hybridized carbons (Fsp3) is 0.250. The van der Waals surface area contributed by atoms with Crippen LogP contribution in [-0.2, 0) is 13.6 Å². The van der Waals surface area contributed by atoms with Gasteiger partial charge in [-0.05, 0) is 24.6 Å². The zero-order valence-electron chi connectivity index (χ0n) is 13.3. The minimum absolute atomic E-state index is 0.187. The molecule has 2 aromatic heterocycles. The monoisotopic (exact) mass is 328 g/mol. The smallest absolute Gasteiger partial charge is 0.273 e. The van der Waals surface area contributed by atoms with Crippen molar-refractivity contribution in [3.8, 4) is 0 Å². The Morgan fingerprint density at radius 2 is 2.04 bits per heavy atom. The van der Waals surface area contributed by atoms with Gasteiger partial charge in [-0.1, -0.05) is 17.3 Å². The lowest BCUT2D eigenvalue weighted by atomic mass is 10.2. The van der Waals surface area contributed by atoms with E-state index in [2.05, 4.69) is 20.7 Å². The number of aryl methyl sites for hydroxylation is 1. The second-order valence-electron chi connectivity index (χ2n) is 5.57. The highest BCUT2D eigenvalue weighted by Gasteiger charge is 2.15. The molecule has 0 fully saturated rings. The second kappa shape index (κ2) is 6.61. The summed E-state index contributed by atoms with van der Waals surface area (Å²) in [5.74, 6) is -0.599. The number of hydrogen-bond acceptors (Lipinski definition) is 4. The van der Waals surface area contributed by atoms with Crippen LogP contribution in [0, 0.1) is 5.82 Å². The number of nitrogens with one attached hydrogen (secondary N) is 1. The van der Waals surface area contributed by atoms with Gasteiger partial charge in [0.05, 0.1) is 25.0 Å². The van der Waals surface area contributed by atoms with Crippen molar-refractivity contribution in [2.45, 2.75) is 19.5 Å². The fourth-order valence-corrected chi connectivity index (χ4v) is 2.27. The highest BCUT2D eigenvalue weighted by molar-refractivity contribution is 5.92. The third kappa shape index (κ3) is 3.65. The van der Waals surface area contributed by atoms with Gasteiger partial charge in [0.15, 0.2) is 5.69 Å². The van der Waals surface area contributed by atoms with Gasteiger partial charge in [-0.3, -0.25) is 9.48 Å². The van der Waals surface area contributed by atoms with Crippen LogP contribution in [0.2, 0.25) is 0 Å². The lowest BCUT2D eigenvalue weighted by molar-refractivity contribution is 0.0934. The van der Waals surface area contributed by atoms with E-state index in [-0.39, 0.29) is 23.5 Å². The van der Waals surface area contributed by atoms with Gasteiger partial charge in [-0.25, -0.2) is 9.07 Å². The Bertz CT molecular complexity index is 838. The predicted molar refractivity (Wildman–Crippen MR) is 84.6 cm³/mol. The predicted octanol–water partition coefficient (Wildman–Crippen LogP) is 1.69. The van der Waals surface area contributed by atoms with Crippen molar-refractivity contribution < 1.29 is 9.18 Å². The van der Waals surface area contributed by atoms with Crippen LogP contribution in [0.1, 0.15) is 34.6 Å². The summed E-state index contributed by atoms with van der Waals surface area (Å²) in [6.45, 7) is 2.29. The summed E-state index contributed by atoms with van der Waals surface area (Å²) in [7, 11) is 1.82. The normalized spacial score (nSPS) is 12.1. The Morgan fingerprint density at radius 3 is 2.71 bits per heavy atom. The third-order valence-corrected chi connectivity index (χ3v) is 3.60. The second-order valence-corrected chi connectivity index (χ2v) is 5.57. The maximum absolute atomic E-state index is 12.9. The van der Waals surface area contributed by atoms with E-state index in [1.54, 1.807) is 29.2 Å². The number of nitrogens with zero attached hydrogens (tertiary/aromatic N) is 5. The summed E-state index contributed by atoms with van der Waals surface area (Å²) in [6, 6.07) is 5.92. The van der Waals surface area contributed by atoms with Gasteiger partial charge in [0.25, 0.3) is 5.91 Å². The average molecular weight is 328 g/mol. The standard InChI is InChI=1S/C16H17FN6O/c1-11(13-7-18-22(2)9-13)19-16(24)15-10-23(21-20-15)8-12-3-5-14(17)6-4-12/h3-7,9-11H,8H2,1-2H3,(H,19,24)/t11-/m0/s1. The molecular weight excluding hydrogens is 311 g/mol. The molecule has 0 aliphatic carbocycles. The van der Waals surface area contributed by atoms with E-state index in [1.165, 1.54) is 16.8 Å². The molecule has 0 radical (unpaired) electrons. The first-order valence-corrected chi connectivity index (χ1v) is 7.45. The zero-order chi connectivity index (χ0) is 17.1. The summed E-state index contributed by atoms with van der Waals surface area (Å²) in [6.07, 6.45) is 5.11. The number of carbonyl (C=O) groups excluding carboxylic acids is 1. The molecule has 8 heteroatoms. The van der Waals surface area contributed by atoms with Crippen LogP contribution in [-0.4, -0.2) is 30.7 Å². The zero-order valence-corrected chi connectivity index (χ0v) is 13.3. The molecule has 0 spiro atoms. The van der Waals surface area contributed by atoms with Crippen LogP contribution in [0.5, 0.6) is 0 Å². The van der Waals surface area contributed by atoms with Crippen LogP contribution >= 0.6 is 0 Å². The summed E-state index contributed by atoms with van der Waals surface area (Å²) >= 11 is 0. The maximum Gasteiger partial charge on any atom is 0.273 e. The fourth-order valence-electron chi connectivity index (χ4n) is 2.27. The molecule has 1 atom stereocenters. The van der Waals surface area contributed by atoms with E-state index < -0.39 is 0 Å². The van der Waals surface area contributed by atoms with E-state index >= 15 is 0 Å². The molecule has 24 heavy (non-hydrogen) atoms. The first-order valence-electron chi connectivity index (χ1n) is 7.45. The van der Waals surface area contributed by atoms with Gasteiger partial charge in [-0.15, -0.1) is 5.10 Å². The summed E-state index contributed by atoms with van der Waals surface area (Å²) in [5.41, 5.74) is 2.01. The van der Waals surface area contributed by atoms with Crippen molar-refractivity contribution in [2.75, 3.05) is 0 Å². The number of carbonyl (C=O) groups is 1. The molecule has 124 valence electrons. The van der Waals surface area contributed by atoms with Crippen molar-refractivity contribution in [3.63, 3.8) is 0 Å². The molecule has 0 bridgehead atoms. The summed E-state index contributed by atoms with van der Waals surface area (Å²) in [5, 5.41) is 14.8. The first kappa shape index (κ1) is 15.9. The number of hydrogen-bond donors (Lipinski definition) is 1. The first-order chi connectivity index (χ1) is 11.5. The maximum atomic E-state index is 12.9. The third-order valence-electron chi connectivity index (χ3n) is 3.60. The minimum atomic E-state index is -0.309. The van der Waals surface area contributed by atoms with Crippen LogP contribution in [0.15, 0.2) is 42.9 Å². The number of aromatic nitrogens is 5. The van der Waals surface area contributed by atoms with E-state index in [0.29, 0.717) is 6.54 Å². The molecule has 3 aromatic rings. The largest absolute Gasteiger partial charge is 0.344 e. The Hall–Kier alpha value is -3.03. The van der Waals surface area contributed by atoms with Crippen LogP contribution in [0.3, 0.4) is 0 Å². The molecular formula is C16H17FN6O. The van der Waals surface area contributed by atoms with Gasteiger partial charge in [0, 0.05) is 18.8 Å². The van der Waals surface area contributed by atoms with Gasteiger partial charge in [0.2, 0.25) is 0 Å². The van der Waals surface area contributed by atoms with E-state index in [0.717, 1.165) is 11.1 Å². The Kier molecular flexibility index (Phi) is 4.37. The van der Waals surface area contributed by atoms with E-state index in [4.69, 9.17) is 0 Å². The highest BCUT2D eigenvalue weighted by atomic mass is 19.1.